The van der Waals surface area contributed by atoms with Crippen LogP contribution in [0.3, 0.4) is 0 Å². The van der Waals surface area contributed by atoms with E-state index < -0.39 is 0 Å². The first kappa shape index (κ1) is 22.4. The molecule has 5 aromatic rings. The predicted molar refractivity (Wildman–Crippen MR) is 134 cm³/mol. The Morgan fingerprint density at radius 1 is 1.00 bits per heavy atom. The molecule has 0 radical (unpaired) electrons. The van der Waals surface area contributed by atoms with Gasteiger partial charge < -0.3 is 9.88 Å². The van der Waals surface area contributed by atoms with E-state index in [0.717, 1.165) is 16.7 Å². The molecule has 172 valence electrons. The Balaban J connectivity index is 1.51. The summed E-state index contributed by atoms with van der Waals surface area (Å²) >= 11 is 12.8. The van der Waals surface area contributed by atoms with E-state index in [4.69, 9.17) is 28.2 Å². The lowest BCUT2D eigenvalue weighted by Gasteiger charge is -2.21. The van der Waals surface area contributed by atoms with Crippen molar-refractivity contribution in [3.8, 4) is 11.4 Å². The highest BCUT2D eigenvalue weighted by atomic mass is 35.5. The number of para-hydroxylation sites is 2. The molecule has 0 spiro atoms. The normalized spacial score (nSPS) is 12.5. The molecule has 5 rings (SSSR count). The van der Waals surface area contributed by atoms with Crippen LogP contribution in [0.4, 0.5) is 0 Å². The van der Waals surface area contributed by atoms with Crippen molar-refractivity contribution in [1.82, 2.24) is 29.5 Å². The molecule has 1 atom stereocenters. The van der Waals surface area contributed by atoms with Gasteiger partial charge in [0, 0.05) is 11.8 Å². The Kier molecular flexibility index (Phi) is 5.98. The molecule has 7 nitrogen and oxygen atoms in total. The average molecular weight is 493 g/mol. The molecule has 1 N–H and O–H groups in total. The Morgan fingerprint density at radius 2 is 1.79 bits per heavy atom. The SMILES string of the molecule is CC(C)C(NC(=O)Cn1c(-c2cccc(Cl)c2Cl)nc2ccccc21)c1nnc2ccccn12. The summed E-state index contributed by atoms with van der Waals surface area (Å²) < 4.78 is 3.76. The van der Waals surface area contributed by atoms with Gasteiger partial charge in [0.15, 0.2) is 11.5 Å². The number of nitrogens with one attached hydrogen (secondary N) is 1. The summed E-state index contributed by atoms with van der Waals surface area (Å²) in [4.78, 5) is 18.1. The molecule has 0 aliphatic heterocycles. The van der Waals surface area contributed by atoms with Crippen LogP contribution in [0.15, 0.2) is 66.9 Å². The van der Waals surface area contributed by atoms with E-state index in [1.807, 2.05) is 83.6 Å². The predicted octanol–water partition coefficient (Wildman–Crippen LogP) is 5.57. The number of halogens is 2. The number of carbonyl (C=O) groups excluding carboxylic acids is 1. The highest BCUT2D eigenvalue weighted by Crippen LogP contribution is 2.34. The van der Waals surface area contributed by atoms with Gasteiger partial charge in [-0.3, -0.25) is 9.20 Å². The van der Waals surface area contributed by atoms with Gasteiger partial charge in [0.25, 0.3) is 0 Å². The third-order valence-electron chi connectivity index (χ3n) is 5.75. The van der Waals surface area contributed by atoms with Crippen LogP contribution in [0.1, 0.15) is 25.7 Å². The zero-order chi connectivity index (χ0) is 23.8. The quantitative estimate of drug-likeness (QED) is 0.336. The molecular weight excluding hydrogens is 471 g/mol. The number of fused-ring (bicyclic) bond motifs is 2. The number of rotatable bonds is 6. The summed E-state index contributed by atoms with van der Waals surface area (Å²) in [6.07, 6.45) is 1.90. The Bertz CT molecular complexity index is 1510. The molecule has 3 heterocycles. The molecule has 3 aromatic heterocycles. The lowest BCUT2D eigenvalue weighted by atomic mass is 10.0. The van der Waals surface area contributed by atoms with Crippen molar-refractivity contribution < 1.29 is 4.79 Å². The summed E-state index contributed by atoms with van der Waals surface area (Å²) in [5, 5.41) is 12.6. The van der Waals surface area contributed by atoms with Gasteiger partial charge in [0.05, 0.1) is 27.1 Å². The second-order valence-corrected chi connectivity index (χ2v) is 9.17. The van der Waals surface area contributed by atoms with Gasteiger partial charge in [-0.15, -0.1) is 10.2 Å². The number of nitrogens with zero attached hydrogens (tertiary/aromatic N) is 5. The van der Waals surface area contributed by atoms with E-state index >= 15 is 0 Å². The van der Waals surface area contributed by atoms with Crippen LogP contribution in [0, 0.1) is 5.92 Å². The molecule has 0 saturated heterocycles. The second kappa shape index (κ2) is 9.08. The molecule has 34 heavy (non-hydrogen) atoms. The lowest BCUT2D eigenvalue weighted by molar-refractivity contribution is -0.122. The Morgan fingerprint density at radius 3 is 2.62 bits per heavy atom. The number of carbonyl (C=O) groups is 1. The minimum absolute atomic E-state index is 0.0542. The van der Waals surface area contributed by atoms with E-state index in [-0.39, 0.29) is 24.4 Å². The van der Waals surface area contributed by atoms with Crippen molar-refractivity contribution in [2.45, 2.75) is 26.4 Å². The van der Waals surface area contributed by atoms with Crippen molar-refractivity contribution in [3.05, 3.63) is 82.7 Å². The molecule has 0 fully saturated rings. The van der Waals surface area contributed by atoms with E-state index in [1.54, 1.807) is 6.07 Å². The van der Waals surface area contributed by atoms with Gasteiger partial charge in [0.1, 0.15) is 12.4 Å². The van der Waals surface area contributed by atoms with Gasteiger partial charge in [-0.25, -0.2) is 4.98 Å². The maximum atomic E-state index is 13.4. The third-order valence-corrected chi connectivity index (χ3v) is 6.57. The van der Waals surface area contributed by atoms with Crippen LogP contribution in [-0.2, 0) is 11.3 Å². The molecule has 1 unspecified atom stereocenters. The lowest BCUT2D eigenvalue weighted by Crippen LogP contribution is -2.35. The van der Waals surface area contributed by atoms with Crippen LogP contribution in [0.2, 0.25) is 10.0 Å². The van der Waals surface area contributed by atoms with Gasteiger partial charge in [-0.05, 0) is 42.3 Å². The number of amides is 1. The van der Waals surface area contributed by atoms with Crippen molar-refractivity contribution in [3.63, 3.8) is 0 Å². The topological polar surface area (TPSA) is 77.1 Å². The fourth-order valence-electron chi connectivity index (χ4n) is 4.08. The molecule has 0 bridgehead atoms. The van der Waals surface area contributed by atoms with Crippen LogP contribution in [0.5, 0.6) is 0 Å². The number of imidazole rings is 1. The summed E-state index contributed by atoms with van der Waals surface area (Å²) in [5.74, 6) is 1.19. The maximum absolute atomic E-state index is 13.4. The summed E-state index contributed by atoms with van der Waals surface area (Å²) in [5.41, 5.74) is 3.00. The van der Waals surface area contributed by atoms with Crippen molar-refractivity contribution in [2.75, 3.05) is 0 Å². The van der Waals surface area contributed by atoms with Crippen LogP contribution >= 0.6 is 23.2 Å². The van der Waals surface area contributed by atoms with Crippen molar-refractivity contribution in [2.24, 2.45) is 5.92 Å². The van der Waals surface area contributed by atoms with Gasteiger partial charge in [-0.2, -0.15) is 0 Å². The minimum Gasteiger partial charge on any atom is -0.344 e. The smallest absolute Gasteiger partial charge is 0.240 e. The molecule has 0 aliphatic rings. The fraction of sp³-hybridized carbons (Fsp3) is 0.200. The molecule has 2 aromatic carbocycles. The summed E-state index contributed by atoms with van der Waals surface area (Å²) in [6.45, 7) is 4.14. The Labute approximate surface area is 206 Å². The number of hydrogen-bond acceptors (Lipinski definition) is 4. The van der Waals surface area contributed by atoms with Crippen molar-refractivity contribution in [1.29, 1.82) is 0 Å². The molecule has 1 amide bonds. The zero-order valence-corrected chi connectivity index (χ0v) is 20.1. The first-order valence-electron chi connectivity index (χ1n) is 10.9. The van der Waals surface area contributed by atoms with Gasteiger partial charge >= 0.3 is 0 Å². The summed E-state index contributed by atoms with van der Waals surface area (Å²) in [6, 6.07) is 18.4. The van der Waals surface area contributed by atoms with E-state index in [0.29, 0.717) is 27.3 Å². The number of pyridine rings is 1. The first-order valence-corrected chi connectivity index (χ1v) is 11.7. The average Bonchev–Trinajstić information content (AvgIpc) is 3.41. The highest BCUT2D eigenvalue weighted by molar-refractivity contribution is 6.43. The number of aromatic nitrogens is 5. The first-order chi connectivity index (χ1) is 16.4. The molecule has 0 aliphatic carbocycles. The van der Waals surface area contributed by atoms with Crippen LogP contribution < -0.4 is 5.32 Å². The van der Waals surface area contributed by atoms with Crippen LogP contribution in [-0.4, -0.2) is 30.1 Å². The van der Waals surface area contributed by atoms with Gasteiger partial charge in [-0.1, -0.05) is 61.3 Å². The third kappa shape index (κ3) is 4.02. The van der Waals surface area contributed by atoms with Crippen LogP contribution in [0.25, 0.3) is 28.1 Å². The molecule has 9 heteroatoms. The second-order valence-electron chi connectivity index (χ2n) is 8.39. The minimum atomic E-state index is -0.321. The number of hydrogen-bond donors (Lipinski definition) is 1. The van der Waals surface area contributed by atoms with E-state index in [1.165, 1.54) is 0 Å². The zero-order valence-electron chi connectivity index (χ0n) is 18.6. The number of benzene rings is 2. The maximum Gasteiger partial charge on any atom is 0.240 e. The molecular formula is C25H22Cl2N6O. The Hall–Kier alpha value is -3.42. The monoisotopic (exact) mass is 492 g/mol. The summed E-state index contributed by atoms with van der Waals surface area (Å²) in [7, 11) is 0. The van der Waals surface area contributed by atoms with Gasteiger partial charge in [0.2, 0.25) is 5.91 Å². The van der Waals surface area contributed by atoms with E-state index in [9.17, 15) is 4.79 Å². The standard InChI is InChI=1S/C25H22Cl2N6O/c1-15(2)23(25-31-30-20-12-5-6-13-32(20)25)29-21(34)14-33-19-11-4-3-10-18(19)28-24(33)16-8-7-9-17(26)22(16)27/h3-13,15,23H,14H2,1-2H3,(H,29,34). The highest BCUT2D eigenvalue weighted by Gasteiger charge is 2.25. The fourth-order valence-corrected chi connectivity index (χ4v) is 4.47. The molecule has 0 saturated carbocycles. The largest absolute Gasteiger partial charge is 0.344 e. The van der Waals surface area contributed by atoms with E-state index in [2.05, 4.69) is 15.5 Å². The van der Waals surface area contributed by atoms with Crippen molar-refractivity contribution >= 4 is 45.8 Å².